The van der Waals surface area contributed by atoms with Crippen LogP contribution in [0.5, 0.6) is 0 Å². The Kier molecular flexibility index (Phi) is 2.91. The Balaban J connectivity index is 1.89. The number of hydrogen-bond acceptors (Lipinski definition) is 5. The van der Waals surface area contributed by atoms with E-state index >= 15 is 0 Å². The van der Waals surface area contributed by atoms with Gasteiger partial charge in [-0.05, 0) is 24.3 Å². The van der Waals surface area contributed by atoms with Crippen molar-refractivity contribution in [2.75, 3.05) is 0 Å². The zero-order chi connectivity index (χ0) is 14.4. The molecule has 21 heavy (non-hydrogen) atoms. The quantitative estimate of drug-likeness (QED) is 0.607. The van der Waals surface area contributed by atoms with Crippen molar-refractivity contribution in [3.8, 4) is 22.1 Å². The molecule has 4 rings (SSSR count). The van der Waals surface area contributed by atoms with E-state index in [2.05, 4.69) is 25.5 Å². The molecule has 0 radical (unpaired) electrons. The summed E-state index contributed by atoms with van der Waals surface area (Å²) in [6.45, 7) is 0. The molecule has 3 heterocycles. The SMILES string of the molecule is Clc1cc(Cl)cc(-c2nnc3sc(-c4ccn[nH]4)nn23)c1. The normalized spacial score (nSPS) is 11.3. The molecule has 0 spiro atoms. The Bertz CT molecular complexity index is 906. The van der Waals surface area contributed by atoms with E-state index in [1.165, 1.54) is 11.3 Å². The molecule has 1 aromatic carbocycles. The summed E-state index contributed by atoms with van der Waals surface area (Å²) in [5, 5.41) is 21.4. The van der Waals surface area contributed by atoms with Crippen LogP contribution in [0, 0.1) is 0 Å². The van der Waals surface area contributed by atoms with Crippen molar-refractivity contribution in [1.29, 1.82) is 0 Å². The maximum absolute atomic E-state index is 6.03. The molecule has 0 aliphatic carbocycles. The fraction of sp³-hybridized carbons (Fsp3) is 0. The van der Waals surface area contributed by atoms with E-state index in [4.69, 9.17) is 23.2 Å². The molecule has 0 aliphatic rings. The van der Waals surface area contributed by atoms with E-state index in [-0.39, 0.29) is 0 Å². The minimum absolute atomic E-state index is 0.540. The predicted octanol–water partition coefficient (Wildman–Crippen LogP) is 3.55. The molecule has 0 fully saturated rings. The summed E-state index contributed by atoms with van der Waals surface area (Å²) >= 11 is 13.5. The Hall–Kier alpha value is -1.96. The second-order valence-corrected chi connectivity index (χ2v) is 6.08. The van der Waals surface area contributed by atoms with E-state index in [1.54, 1.807) is 28.9 Å². The Morgan fingerprint density at radius 2 is 1.90 bits per heavy atom. The van der Waals surface area contributed by atoms with Gasteiger partial charge in [0, 0.05) is 21.8 Å². The topological polar surface area (TPSA) is 71.8 Å². The molecule has 6 nitrogen and oxygen atoms in total. The van der Waals surface area contributed by atoms with Gasteiger partial charge in [-0.25, -0.2) is 0 Å². The molecule has 0 unspecified atom stereocenters. The van der Waals surface area contributed by atoms with Crippen molar-refractivity contribution in [1.82, 2.24) is 30.0 Å². The van der Waals surface area contributed by atoms with E-state index in [9.17, 15) is 0 Å². The molecule has 0 atom stereocenters. The zero-order valence-corrected chi connectivity index (χ0v) is 12.6. The predicted molar refractivity (Wildman–Crippen MR) is 81.7 cm³/mol. The Morgan fingerprint density at radius 1 is 1.10 bits per heavy atom. The van der Waals surface area contributed by atoms with Crippen molar-refractivity contribution in [3.63, 3.8) is 0 Å². The molecule has 0 aliphatic heterocycles. The number of aromatic nitrogens is 6. The summed E-state index contributed by atoms with van der Waals surface area (Å²) in [5.74, 6) is 0.594. The number of benzene rings is 1. The Morgan fingerprint density at radius 3 is 2.62 bits per heavy atom. The van der Waals surface area contributed by atoms with Crippen LogP contribution in [0.1, 0.15) is 0 Å². The monoisotopic (exact) mass is 336 g/mol. The van der Waals surface area contributed by atoms with Crippen LogP contribution in [-0.2, 0) is 0 Å². The standard InChI is InChI=1S/C12H6Cl2N6S/c13-7-3-6(4-8(14)5-7)10-17-18-12-20(10)19-11(21-12)9-1-2-15-16-9/h1-5H,(H,15,16). The van der Waals surface area contributed by atoms with Gasteiger partial charge < -0.3 is 0 Å². The minimum Gasteiger partial charge on any atom is -0.275 e. The van der Waals surface area contributed by atoms with Gasteiger partial charge in [0.25, 0.3) is 0 Å². The van der Waals surface area contributed by atoms with Gasteiger partial charge in [0.2, 0.25) is 4.96 Å². The lowest BCUT2D eigenvalue weighted by atomic mass is 10.2. The number of halogens is 2. The van der Waals surface area contributed by atoms with Crippen LogP contribution in [0.2, 0.25) is 10.0 Å². The summed E-state index contributed by atoms with van der Waals surface area (Å²) in [5.41, 5.74) is 1.60. The van der Waals surface area contributed by atoms with Crippen LogP contribution < -0.4 is 0 Å². The summed E-state index contributed by atoms with van der Waals surface area (Å²) in [6.07, 6.45) is 1.68. The molecule has 9 heteroatoms. The number of fused-ring (bicyclic) bond motifs is 1. The van der Waals surface area contributed by atoms with Gasteiger partial charge in [0.1, 0.15) is 0 Å². The van der Waals surface area contributed by atoms with E-state index in [0.717, 1.165) is 16.3 Å². The van der Waals surface area contributed by atoms with Gasteiger partial charge in [-0.15, -0.1) is 10.2 Å². The van der Waals surface area contributed by atoms with Crippen LogP contribution in [0.4, 0.5) is 0 Å². The molecule has 0 saturated carbocycles. The summed E-state index contributed by atoms with van der Waals surface area (Å²) in [7, 11) is 0. The smallest absolute Gasteiger partial charge is 0.235 e. The van der Waals surface area contributed by atoms with Crippen molar-refractivity contribution < 1.29 is 0 Å². The van der Waals surface area contributed by atoms with Gasteiger partial charge in [-0.1, -0.05) is 34.5 Å². The largest absolute Gasteiger partial charge is 0.275 e. The molecule has 3 aromatic heterocycles. The highest BCUT2D eigenvalue weighted by Crippen LogP contribution is 2.29. The number of rotatable bonds is 2. The average molecular weight is 337 g/mol. The van der Waals surface area contributed by atoms with Crippen LogP contribution in [0.3, 0.4) is 0 Å². The summed E-state index contributed by atoms with van der Waals surface area (Å²) in [4.78, 5) is 0.686. The van der Waals surface area contributed by atoms with Gasteiger partial charge >= 0.3 is 0 Å². The molecular weight excluding hydrogens is 331 g/mol. The lowest BCUT2D eigenvalue weighted by Gasteiger charge is -1.99. The van der Waals surface area contributed by atoms with Crippen molar-refractivity contribution in [2.24, 2.45) is 0 Å². The molecular formula is C12H6Cl2N6S. The van der Waals surface area contributed by atoms with Gasteiger partial charge in [0.15, 0.2) is 10.8 Å². The lowest BCUT2D eigenvalue weighted by molar-refractivity contribution is 0.964. The van der Waals surface area contributed by atoms with Gasteiger partial charge in [0.05, 0.1) is 5.69 Å². The third-order valence-corrected chi connectivity index (χ3v) is 4.21. The number of H-pyrrole nitrogens is 1. The first-order chi connectivity index (χ1) is 10.2. The minimum atomic E-state index is 0.540. The van der Waals surface area contributed by atoms with E-state index in [0.29, 0.717) is 20.8 Å². The van der Waals surface area contributed by atoms with Crippen LogP contribution in [-0.4, -0.2) is 30.0 Å². The number of hydrogen-bond donors (Lipinski definition) is 1. The highest BCUT2D eigenvalue weighted by molar-refractivity contribution is 7.19. The fourth-order valence-electron chi connectivity index (χ4n) is 1.96. The molecule has 0 saturated heterocycles. The second-order valence-electron chi connectivity index (χ2n) is 4.25. The molecule has 0 amide bonds. The average Bonchev–Trinajstić information content (AvgIpc) is 3.13. The lowest BCUT2D eigenvalue weighted by Crippen LogP contribution is -1.91. The first-order valence-corrected chi connectivity index (χ1v) is 7.46. The highest BCUT2D eigenvalue weighted by atomic mass is 35.5. The zero-order valence-electron chi connectivity index (χ0n) is 10.3. The number of aromatic amines is 1. The van der Waals surface area contributed by atoms with Crippen LogP contribution in [0.25, 0.3) is 27.1 Å². The maximum atomic E-state index is 6.03. The second kappa shape index (κ2) is 4.80. The van der Waals surface area contributed by atoms with Crippen molar-refractivity contribution >= 4 is 39.5 Å². The van der Waals surface area contributed by atoms with E-state index in [1.807, 2.05) is 6.07 Å². The molecule has 4 aromatic rings. The summed E-state index contributed by atoms with van der Waals surface area (Å²) in [6, 6.07) is 7.07. The fourth-order valence-corrected chi connectivity index (χ4v) is 3.30. The maximum Gasteiger partial charge on any atom is 0.235 e. The third-order valence-electron chi connectivity index (χ3n) is 2.84. The number of nitrogens with zero attached hydrogens (tertiary/aromatic N) is 5. The van der Waals surface area contributed by atoms with E-state index < -0.39 is 0 Å². The first kappa shape index (κ1) is 12.8. The van der Waals surface area contributed by atoms with Crippen LogP contribution >= 0.6 is 34.5 Å². The Labute approximate surface area is 132 Å². The number of nitrogens with one attached hydrogen (secondary N) is 1. The van der Waals surface area contributed by atoms with Crippen LogP contribution in [0.15, 0.2) is 30.5 Å². The van der Waals surface area contributed by atoms with Gasteiger partial charge in [-0.3, -0.25) is 5.10 Å². The van der Waals surface area contributed by atoms with Crippen molar-refractivity contribution in [3.05, 3.63) is 40.5 Å². The van der Waals surface area contributed by atoms with Crippen molar-refractivity contribution in [2.45, 2.75) is 0 Å². The van der Waals surface area contributed by atoms with Gasteiger partial charge in [-0.2, -0.15) is 14.7 Å². The molecule has 104 valence electrons. The molecule has 0 bridgehead atoms. The summed E-state index contributed by atoms with van der Waals surface area (Å²) < 4.78 is 1.67. The molecule has 1 N–H and O–H groups in total. The highest BCUT2D eigenvalue weighted by Gasteiger charge is 2.15. The first-order valence-electron chi connectivity index (χ1n) is 5.89. The third kappa shape index (κ3) is 2.19.